The molecule has 0 aromatic heterocycles. The summed E-state index contributed by atoms with van der Waals surface area (Å²) in [5.74, 6) is -0.443. The monoisotopic (exact) mass is 429 g/mol. The summed E-state index contributed by atoms with van der Waals surface area (Å²) in [7, 11) is -2.42. The van der Waals surface area contributed by atoms with E-state index in [-0.39, 0.29) is 43.4 Å². The Kier molecular flexibility index (Phi) is 22.5. The number of unbranched alkanes of at least 4 members (excludes halogenated alkanes) is 14. The van der Waals surface area contributed by atoms with Gasteiger partial charge < -0.3 is 6.33 Å². The van der Waals surface area contributed by atoms with Gasteiger partial charge in [-0.3, -0.25) is 9.35 Å². The molecular weight excluding hydrogens is 385 g/mol. The topological polar surface area (TPSA) is 74.7 Å². The van der Waals surface area contributed by atoms with Crippen molar-refractivity contribution in [3.8, 4) is 0 Å². The molecule has 0 bridgehead atoms. The van der Waals surface area contributed by atoms with Crippen LogP contribution in [0.5, 0.6) is 0 Å². The van der Waals surface area contributed by atoms with Crippen LogP contribution in [-0.4, -0.2) is 43.1 Å². The zero-order chi connectivity index (χ0) is 20.4. The molecule has 0 aliphatic carbocycles. The van der Waals surface area contributed by atoms with Crippen LogP contribution in [0, 0.1) is 0 Å². The van der Waals surface area contributed by atoms with E-state index >= 15 is 0 Å². The van der Waals surface area contributed by atoms with Gasteiger partial charge in [-0.2, -0.15) is 8.42 Å². The van der Waals surface area contributed by atoms with Crippen molar-refractivity contribution in [3.63, 3.8) is 0 Å². The van der Waals surface area contributed by atoms with Crippen LogP contribution in [0.25, 0.3) is 0 Å². The van der Waals surface area contributed by atoms with Gasteiger partial charge in [-0.25, -0.2) is 0 Å². The number of amides is 1. The van der Waals surface area contributed by atoms with Crippen LogP contribution in [0.4, 0.5) is 0 Å². The van der Waals surface area contributed by atoms with Gasteiger partial charge in [0.25, 0.3) is 10.1 Å². The van der Waals surface area contributed by atoms with E-state index in [1.54, 1.807) is 7.05 Å². The maximum Gasteiger partial charge on any atom is 1.00 e. The van der Waals surface area contributed by atoms with E-state index < -0.39 is 15.9 Å². The molecule has 0 spiro atoms. The van der Waals surface area contributed by atoms with Crippen LogP contribution in [-0.2, 0) is 14.9 Å². The van der Waals surface area contributed by atoms with E-state index in [9.17, 15) is 13.2 Å². The van der Waals surface area contributed by atoms with Gasteiger partial charge in [0.2, 0.25) is 5.91 Å². The van der Waals surface area contributed by atoms with Gasteiger partial charge in [0.15, 0.2) is 0 Å². The molecule has 5 nitrogen and oxygen atoms in total. The molecule has 1 amide bonds. The molecule has 0 aromatic rings. The number of hydrogen-bond acceptors (Lipinski definition) is 3. The van der Waals surface area contributed by atoms with Gasteiger partial charge in [0.05, 0.1) is 5.75 Å². The zero-order valence-corrected chi connectivity index (χ0v) is 21.6. The Morgan fingerprint density at radius 3 is 1.50 bits per heavy atom. The molecule has 0 unspecified atom stereocenters. The maximum atomic E-state index is 11.8. The zero-order valence-electron chi connectivity index (χ0n) is 19.8. The SMILES string of the molecule is CCCCCCCCCCCCCCCCCC(=O)N(C)CCS(=O)(=O)O.[H-].[Na+]. The molecule has 0 radical (unpaired) electrons. The van der Waals surface area contributed by atoms with Crippen molar-refractivity contribution < 1.29 is 48.7 Å². The predicted octanol–water partition coefficient (Wildman–Crippen LogP) is 2.71. The Labute approximate surface area is 197 Å². The summed E-state index contributed by atoms with van der Waals surface area (Å²) in [5, 5.41) is 0. The normalized spacial score (nSPS) is 11.2. The van der Waals surface area contributed by atoms with Crippen molar-refractivity contribution in [2.75, 3.05) is 19.3 Å². The average Bonchev–Trinajstić information content (AvgIpc) is 2.62. The summed E-state index contributed by atoms with van der Waals surface area (Å²) in [6.07, 6.45) is 19.8. The summed E-state index contributed by atoms with van der Waals surface area (Å²) in [4.78, 5) is 13.2. The van der Waals surface area contributed by atoms with Crippen LogP contribution in [0.15, 0.2) is 0 Å². The van der Waals surface area contributed by atoms with Gasteiger partial charge in [-0.1, -0.05) is 96.8 Å². The molecule has 0 aliphatic heterocycles. The number of rotatable bonds is 19. The first-order valence-corrected chi connectivity index (χ1v) is 12.7. The molecule has 1 N–H and O–H groups in total. The van der Waals surface area contributed by atoms with Gasteiger partial charge in [0, 0.05) is 20.0 Å². The first-order valence-electron chi connectivity index (χ1n) is 11.1. The minimum atomic E-state index is -4.00. The van der Waals surface area contributed by atoms with Crippen LogP contribution in [0.2, 0.25) is 0 Å². The van der Waals surface area contributed by atoms with Crippen LogP contribution in [0.3, 0.4) is 0 Å². The fourth-order valence-electron chi connectivity index (χ4n) is 3.22. The molecule has 0 fully saturated rings. The third kappa shape index (κ3) is 22.7. The minimum Gasteiger partial charge on any atom is -1.00 e. The van der Waals surface area contributed by atoms with Gasteiger partial charge >= 0.3 is 29.6 Å². The van der Waals surface area contributed by atoms with E-state index in [0.717, 1.165) is 12.8 Å². The Morgan fingerprint density at radius 1 is 0.786 bits per heavy atom. The van der Waals surface area contributed by atoms with Crippen molar-refractivity contribution >= 4 is 16.0 Å². The first-order chi connectivity index (χ1) is 12.9. The average molecular weight is 430 g/mol. The number of carbonyl (C=O) groups excluding carboxylic acids is 1. The Morgan fingerprint density at radius 2 is 1.14 bits per heavy atom. The molecule has 164 valence electrons. The van der Waals surface area contributed by atoms with Crippen molar-refractivity contribution in [3.05, 3.63) is 0 Å². The van der Waals surface area contributed by atoms with Gasteiger partial charge in [-0.15, -0.1) is 0 Å². The summed E-state index contributed by atoms with van der Waals surface area (Å²) >= 11 is 0. The van der Waals surface area contributed by atoms with Gasteiger partial charge in [0.1, 0.15) is 0 Å². The molecule has 0 aromatic carbocycles. The number of nitrogens with zero attached hydrogens (tertiary/aromatic N) is 1. The molecule has 28 heavy (non-hydrogen) atoms. The summed E-state index contributed by atoms with van der Waals surface area (Å²) in [6, 6.07) is 0. The van der Waals surface area contributed by atoms with Crippen molar-refractivity contribution in [1.82, 2.24) is 4.90 Å². The second kappa shape index (κ2) is 20.6. The maximum absolute atomic E-state index is 11.8. The van der Waals surface area contributed by atoms with E-state index in [1.807, 2.05) is 0 Å². The number of hydrogen-bond donors (Lipinski definition) is 1. The van der Waals surface area contributed by atoms with Crippen molar-refractivity contribution in [2.24, 2.45) is 0 Å². The Bertz CT molecular complexity index is 464. The molecule has 0 aliphatic rings. The fourth-order valence-corrected chi connectivity index (χ4v) is 3.72. The Balaban J connectivity index is -0.00000338. The standard InChI is InChI=1S/C21H43NO4S.Na.H/c1-3-4-5-6-7-8-9-10-11-12-13-14-15-16-17-18-21(23)22(2)19-20-27(24,25)26;;/h3-20H2,1-2H3,(H,24,25,26);;/q;+1;-1. The summed E-state index contributed by atoms with van der Waals surface area (Å²) in [5.41, 5.74) is 0. The third-order valence-corrected chi connectivity index (χ3v) is 5.80. The van der Waals surface area contributed by atoms with Crippen molar-refractivity contribution in [1.29, 1.82) is 0 Å². The van der Waals surface area contributed by atoms with Gasteiger partial charge in [-0.05, 0) is 6.42 Å². The van der Waals surface area contributed by atoms with E-state index in [4.69, 9.17) is 4.55 Å². The van der Waals surface area contributed by atoms with Crippen LogP contribution < -0.4 is 29.6 Å². The molecule has 0 heterocycles. The fraction of sp³-hybridized carbons (Fsp3) is 0.952. The third-order valence-electron chi connectivity index (χ3n) is 5.10. The molecular formula is C21H44NNaO4S. The van der Waals surface area contributed by atoms with Crippen molar-refractivity contribution in [2.45, 2.75) is 110 Å². The quantitative estimate of drug-likeness (QED) is 0.195. The molecule has 0 rings (SSSR count). The van der Waals surface area contributed by atoms with Crippen LogP contribution in [0.1, 0.15) is 111 Å². The second-order valence-corrected chi connectivity index (χ2v) is 9.37. The van der Waals surface area contributed by atoms with Crippen LogP contribution >= 0.6 is 0 Å². The smallest absolute Gasteiger partial charge is 1.00 e. The second-order valence-electron chi connectivity index (χ2n) is 7.80. The minimum absolute atomic E-state index is 0. The molecule has 0 atom stereocenters. The number of carbonyl (C=O) groups is 1. The first kappa shape index (κ1) is 30.6. The van der Waals surface area contributed by atoms with E-state index in [0.29, 0.717) is 6.42 Å². The predicted molar refractivity (Wildman–Crippen MR) is 115 cm³/mol. The van der Waals surface area contributed by atoms with E-state index in [2.05, 4.69) is 6.92 Å². The largest absolute Gasteiger partial charge is 1.00 e. The van der Waals surface area contributed by atoms with E-state index in [1.165, 1.54) is 88.4 Å². The Hall–Kier alpha value is 0.380. The molecule has 0 saturated heterocycles. The molecule has 7 heteroatoms. The molecule has 0 saturated carbocycles. The summed E-state index contributed by atoms with van der Waals surface area (Å²) < 4.78 is 30.1. The summed E-state index contributed by atoms with van der Waals surface area (Å²) in [6.45, 7) is 2.31.